The van der Waals surface area contributed by atoms with Crippen molar-refractivity contribution in [3.8, 4) is 0 Å². The van der Waals surface area contributed by atoms with Crippen molar-refractivity contribution in [1.82, 2.24) is 15.7 Å². The van der Waals surface area contributed by atoms with Gasteiger partial charge in [0.1, 0.15) is 6.10 Å². The van der Waals surface area contributed by atoms with Gasteiger partial charge in [0.25, 0.3) is 5.91 Å². The minimum atomic E-state index is -1.62. The van der Waals surface area contributed by atoms with Gasteiger partial charge < -0.3 is 15.3 Å². The van der Waals surface area contributed by atoms with Crippen LogP contribution in [0.15, 0.2) is 24.3 Å². The molecule has 0 radical (unpaired) electrons. The molecule has 150 valence electrons. The van der Waals surface area contributed by atoms with Crippen LogP contribution in [0.5, 0.6) is 0 Å². The number of carbonyl (C=O) groups excluding carboxylic acids is 2. The van der Waals surface area contributed by atoms with Crippen LogP contribution in [0.1, 0.15) is 32.8 Å². The third kappa shape index (κ3) is 4.79. The maximum Gasteiger partial charge on any atom is 0.272 e. The molecule has 2 rings (SSSR count). The van der Waals surface area contributed by atoms with Crippen LogP contribution in [0.4, 0.5) is 0 Å². The second kappa shape index (κ2) is 9.01. The highest BCUT2D eigenvalue weighted by Crippen LogP contribution is 2.33. The van der Waals surface area contributed by atoms with E-state index in [0.29, 0.717) is 31.1 Å². The van der Waals surface area contributed by atoms with Crippen molar-refractivity contribution in [3.05, 3.63) is 34.9 Å². The Morgan fingerprint density at radius 2 is 2.11 bits per heavy atom. The zero-order chi connectivity index (χ0) is 20.2. The number of hydrogen-bond acceptors (Lipinski definition) is 5. The SMILES string of the molecule is CC(C)C[C@H](C(=O)N1CCNC[C@@]1(C)c1cccc(Cl)c1)[C@H](O)C(=O)NO. The predicted octanol–water partition coefficient (Wildman–Crippen LogP) is 1.52. The molecule has 7 nitrogen and oxygen atoms in total. The fourth-order valence-electron chi connectivity index (χ4n) is 3.62. The summed E-state index contributed by atoms with van der Waals surface area (Å²) in [7, 11) is 0. The number of aliphatic hydroxyl groups is 1. The second-order valence-electron chi connectivity index (χ2n) is 7.61. The molecule has 3 atom stereocenters. The average molecular weight is 398 g/mol. The van der Waals surface area contributed by atoms with Gasteiger partial charge in [-0.2, -0.15) is 0 Å². The highest BCUT2D eigenvalue weighted by atomic mass is 35.5. The molecule has 1 aromatic rings. The normalized spacial score (nSPS) is 22.4. The third-order valence-electron chi connectivity index (χ3n) is 5.09. The lowest BCUT2D eigenvalue weighted by Crippen LogP contribution is -2.62. The van der Waals surface area contributed by atoms with E-state index in [2.05, 4.69) is 5.32 Å². The van der Waals surface area contributed by atoms with Gasteiger partial charge in [0, 0.05) is 24.7 Å². The van der Waals surface area contributed by atoms with Crippen LogP contribution in [0.25, 0.3) is 0 Å². The maximum absolute atomic E-state index is 13.4. The Hall–Kier alpha value is -1.67. The first-order chi connectivity index (χ1) is 12.7. The summed E-state index contributed by atoms with van der Waals surface area (Å²) >= 11 is 6.15. The molecule has 0 saturated carbocycles. The van der Waals surface area contributed by atoms with Crippen molar-refractivity contribution in [3.63, 3.8) is 0 Å². The number of carbonyl (C=O) groups is 2. The van der Waals surface area contributed by atoms with Crippen molar-refractivity contribution in [1.29, 1.82) is 0 Å². The average Bonchev–Trinajstić information content (AvgIpc) is 2.64. The Labute approximate surface area is 164 Å². The van der Waals surface area contributed by atoms with Crippen LogP contribution in [-0.2, 0) is 15.1 Å². The predicted molar refractivity (Wildman–Crippen MR) is 102 cm³/mol. The standard InChI is InChI=1S/C19H28ClN3O4/c1-12(2)9-15(16(24)17(25)22-27)18(26)23-8-7-21-11-19(23,3)13-5-4-6-14(20)10-13/h4-6,10,12,15-16,21,24,27H,7-9,11H2,1-3H3,(H,22,25)/t15-,16-,19-/m0/s1. The Bertz CT molecular complexity index is 685. The molecular formula is C19H28ClN3O4. The van der Waals surface area contributed by atoms with Gasteiger partial charge in [-0.3, -0.25) is 14.8 Å². The van der Waals surface area contributed by atoms with Gasteiger partial charge in [-0.05, 0) is 37.0 Å². The van der Waals surface area contributed by atoms with Crippen LogP contribution in [0.3, 0.4) is 0 Å². The van der Waals surface area contributed by atoms with Crippen LogP contribution in [0.2, 0.25) is 5.02 Å². The molecule has 1 aromatic carbocycles. The second-order valence-corrected chi connectivity index (χ2v) is 8.04. The molecule has 0 bridgehead atoms. The van der Waals surface area contributed by atoms with E-state index in [9.17, 15) is 14.7 Å². The van der Waals surface area contributed by atoms with Gasteiger partial charge in [0.2, 0.25) is 5.91 Å². The number of nitrogens with zero attached hydrogens (tertiary/aromatic N) is 1. The van der Waals surface area contributed by atoms with Gasteiger partial charge in [-0.1, -0.05) is 37.6 Å². The van der Waals surface area contributed by atoms with Crippen molar-refractivity contribution < 1.29 is 19.9 Å². The first-order valence-corrected chi connectivity index (χ1v) is 9.48. The largest absolute Gasteiger partial charge is 0.382 e. The summed E-state index contributed by atoms with van der Waals surface area (Å²) in [6.45, 7) is 7.33. The lowest BCUT2D eigenvalue weighted by molar-refractivity contribution is -0.155. The summed E-state index contributed by atoms with van der Waals surface area (Å²) in [5.74, 6) is -2.16. The van der Waals surface area contributed by atoms with E-state index in [1.807, 2.05) is 39.0 Å². The fraction of sp³-hybridized carbons (Fsp3) is 0.579. The molecule has 0 aromatic heterocycles. The summed E-state index contributed by atoms with van der Waals surface area (Å²) in [5, 5.41) is 23.1. The van der Waals surface area contributed by atoms with Gasteiger partial charge in [0.15, 0.2) is 0 Å². The minimum Gasteiger partial charge on any atom is -0.382 e. The van der Waals surface area contributed by atoms with Crippen molar-refractivity contribution in [2.45, 2.75) is 38.8 Å². The van der Waals surface area contributed by atoms with Crippen molar-refractivity contribution in [2.75, 3.05) is 19.6 Å². The highest BCUT2D eigenvalue weighted by Gasteiger charge is 2.44. The molecule has 8 heteroatoms. The number of nitrogens with one attached hydrogen (secondary N) is 2. The number of piperazine rings is 1. The van der Waals surface area contributed by atoms with E-state index in [-0.39, 0.29) is 11.8 Å². The lowest BCUT2D eigenvalue weighted by Gasteiger charge is -2.47. The zero-order valence-electron chi connectivity index (χ0n) is 15.9. The molecule has 0 aliphatic carbocycles. The Morgan fingerprint density at radius 1 is 1.41 bits per heavy atom. The zero-order valence-corrected chi connectivity index (χ0v) is 16.7. The van der Waals surface area contributed by atoms with Crippen molar-refractivity contribution >= 4 is 23.4 Å². The molecule has 1 aliphatic heterocycles. The van der Waals surface area contributed by atoms with E-state index >= 15 is 0 Å². The van der Waals surface area contributed by atoms with Gasteiger partial charge in [0.05, 0.1) is 11.5 Å². The highest BCUT2D eigenvalue weighted by molar-refractivity contribution is 6.30. The molecule has 2 amide bonds. The number of benzene rings is 1. The van der Waals surface area contributed by atoms with Crippen LogP contribution in [0, 0.1) is 11.8 Å². The molecule has 0 spiro atoms. The van der Waals surface area contributed by atoms with E-state index < -0.39 is 23.5 Å². The molecule has 1 saturated heterocycles. The molecule has 27 heavy (non-hydrogen) atoms. The molecule has 1 heterocycles. The summed E-state index contributed by atoms with van der Waals surface area (Å²) in [5.41, 5.74) is 1.65. The molecule has 0 unspecified atom stereocenters. The van der Waals surface area contributed by atoms with Gasteiger partial charge in [-0.25, -0.2) is 5.48 Å². The van der Waals surface area contributed by atoms with Crippen LogP contribution >= 0.6 is 11.6 Å². The Balaban J connectivity index is 2.40. The monoisotopic (exact) mass is 397 g/mol. The molecule has 1 fully saturated rings. The summed E-state index contributed by atoms with van der Waals surface area (Å²) in [6.07, 6.45) is -1.30. The summed E-state index contributed by atoms with van der Waals surface area (Å²) < 4.78 is 0. The lowest BCUT2D eigenvalue weighted by atomic mass is 9.84. The molecular weight excluding hydrogens is 370 g/mol. The summed E-state index contributed by atoms with van der Waals surface area (Å²) in [6, 6.07) is 7.34. The maximum atomic E-state index is 13.4. The fourth-order valence-corrected chi connectivity index (χ4v) is 3.81. The van der Waals surface area contributed by atoms with Gasteiger partial charge in [-0.15, -0.1) is 0 Å². The number of amides is 2. The van der Waals surface area contributed by atoms with E-state index in [1.54, 1.807) is 11.0 Å². The van der Waals surface area contributed by atoms with E-state index in [0.717, 1.165) is 5.56 Å². The number of aliphatic hydroxyl groups excluding tert-OH is 1. The van der Waals surface area contributed by atoms with Crippen LogP contribution < -0.4 is 10.8 Å². The minimum absolute atomic E-state index is 0.0837. The first kappa shape index (κ1) is 21.6. The molecule has 4 N–H and O–H groups in total. The molecule has 1 aliphatic rings. The summed E-state index contributed by atoms with van der Waals surface area (Å²) in [4.78, 5) is 26.9. The van der Waals surface area contributed by atoms with Gasteiger partial charge >= 0.3 is 0 Å². The third-order valence-corrected chi connectivity index (χ3v) is 5.33. The quantitative estimate of drug-likeness (QED) is 0.430. The van der Waals surface area contributed by atoms with Crippen LogP contribution in [-0.4, -0.2) is 52.8 Å². The Morgan fingerprint density at radius 3 is 2.70 bits per heavy atom. The number of rotatable bonds is 6. The smallest absolute Gasteiger partial charge is 0.272 e. The first-order valence-electron chi connectivity index (χ1n) is 9.11. The van der Waals surface area contributed by atoms with E-state index in [1.165, 1.54) is 5.48 Å². The van der Waals surface area contributed by atoms with E-state index in [4.69, 9.17) is 16.8 Å². The Kier molecular flexibility index (Phi) is 7.22. The topological polar surface area (TPSA) is 102 Å². The van der Waals surface area contributed by atoms with Crippen molar-refractivity contribution in [2.24, 2.45) is 11.8 Å². The number of halogens is 1. The number of hydrogen-bond donors (Lipinski definition) is 4. The number of hydroxylamine groups is 1.